The summed E-state index contributed by atoms with van der Waals surface area (Å²) in [6.07, 6.45) is 1.85. The van der Waals surface area contributed by atoms with Crippen LogP contribution >= 0.6 is 24.0 Å². The van der Waals surface area contributed by atoms with Crippen LogP contribution in [0.5, 0.6) is 0 Å². The normalized spacial score (nSPS) is 14.5. The van der Waals surface area contributed by atoms with E-state index in [0.29, 0.717) is 6.54 Å². The molecule has 0 saturated carbocycles. The molecule has 6 nitrogen and oxygen atoms in total. The first-order valence-corrected chi connectivity index (χ1v) is 9.63. The number of anilines is 2. The second-order valence-electron chi connectivity index (χ2n) is 6.90. The molecule has 0 aliphatic carbocycles. The molecule has 1 aromatic carbocycles. The number of hydrogen-bond acceptors (Lipinski definition) is 4. The zero-order chi connectivity index (χ0) is 19.1. The molecule has 7 heteroatoms. The summed E-state index contributed by atoms with van der Waals surface area (Å²) in [4.78, 5) is 16.1. The van der Waals surface area contributed by atoms with Crippen molar-refractivity contribution in [2.24, 2.45) is 4.99 Å². The Balaban J connectivity index is 0.00000280. The summed E-state index contributed by atoms with van der Waals surface area (Å²) >= 11 is 0. The molecule has 0 spiro atoms. The summed E-state index contributed by atoms with van der Waals surface area (Å²) in [5.41, 5.74) is 2.47. The molecular formula is C21H31IN6. The number of guanidine groups is 1. The van der Waals surface area contributed by atoms with E-state index in [-0.39, 0.29) is 24.0 Å². The van der Waals surface area contributed by atoms with E-state index in [1.807, 2.05) is 31.3 Å². The van der Waals surface area contributed by atoms with Crippen molar-refractivity contribution in [1.29, 1.82) is 0 Å². The lowest BCUT2D eigenvalue weighted by molar-refractivity contribution is 0.372. The Morgan fingerprint density at radius 2 is 1.82 bits per heavy atom. The van der Waals surface area contributed by atoms with Gasteiger partial charge in [-0.25, -0.2) is 9.98 Å². The molecule has 0 amide bonds. The number of halogens is 1. The Labute approximate surface area is 185 Å². The van der Waals surface area contributed by atoms with E-state index < -0.39 is 0 Å². The quantitative estimate of drug-likeness (QED) is 0.394. The summed E-state index contributed by atoms with van der Waals surface area (Å²) < 4.78 is 0. The summed E-state index contributed by atoms with van der Waals surface area (Å²) in [6.45, 7) is 7.61. The van der Waals surface area contributed by atoms with Crippen LogP contribution in [0.4, 0.5) is 11.5 Å². The second-order valence-corrected chi connectivity index (χ2v) is 6.90. The van der Waals surface area contributed by atoms with Crippen LogP contribution in [-0.4, -0.2) is 62.7 Å². The smallest absolute Gasteiger partial charge is 0.194 e. The number of aliphatic imine (C=N–C) groups is 1. The van der Waals surface area contributed by atoms with Gasteiger partial charge in [0.15, 0.2) is 5.96 Å². The lowest BCUT2D eigenvalue weighted by atomic mass is 10.2. The third-order valence-electron chi connectivity index (χ3n) is 4.71. The number of nitrogens with zero attached hydrogens (tertiary/aromatic N) is 5. The standard InChI is InChI=1S/C21H30N6.HI/c1-4-22-21(24-17-18-10-11-23-20(16-18)25(2)3)27-14-12-26(13-15-27)19-8-6-5-7-9-19;/h5-11,16H,4,12-15,17H2,1-3H3,(H,22,24);1H. The molecule has 2 aromatic rings. The predicted molar refractivity (Wildman–Crippen MR) is 129 cm³/mol. The zero-order valence-corrected chi connectivity index (χ0v) is 19.3. The van der Waals surface area contributed by atoms with Gasteiger partial charge in [-0.2, -0.15) is 0 Å². The minimum atomic E-state index is 0. The topological polar surface area (TPSA) is 47.0 Å². The van der Waals surface area contributed by atoms with Crippen LogP contribution in [0.15, 0.2) is 53.7 Å². The number of aromatic nitrogens is 1. The first-order valence-electron chi connectivity index (χ1n) is 9.63. The molecule has 28 heavy (non-hydrogen) atoms. The van der Waals surface area contributed by atoms with E-state index in [4.69, 9.17) is 4.99 Å². The monoisotopic (exact) mass is 494 g/mol. The van der Waals surface area contributed by atoms with Crippen LogP contribution in [0.3, 0.4) is 0 Å². The fraction of sp³-hybridized carbons (Fsp3) is 0.429. The van der Waals surface area contributed by atoms with Gasteiger partial charge in [-0.05, 0) is 36.8 Å². The Morgan fingerprint density at radius 3 is 2.46 bits per heavy atom. The van der Waals surface area contributed by atoms with Crippen molar-refractivity contribution in [1.82, 2.24) is 15.2 Å². The molecule has 0 bridgehead atoms. The average Bonchev–Trinajstić information content (AvgIpc) is 2.72. The second kappa shape index (κ2) is 11.1. The largest absolute Gasteiger partial charge is 0.368 e. The third-order valence-corrected chi connectivity index (χ3v) is 4.71. The SMILES string of the molecule is CCNC(=NCc1ccnc(N(C)C)c1)N1CCN(c2ccccc2)CC1.I. The molecular weight excluding hydrogens is 463 g/mol. The van der Waals surface area contributed by atoms with Gasteiger partial charge in [0.05, 0.1) is 6.54 Å². The van der Waals surface area contributed by atoms with Gasteiger partial charge in [-0.15, -0.1) is 24.0 Å². The van der Waals surface area contributed by atoms with Crippen LogP contribution in [0, 0.1) is 0 Å². The fourth-order valence-corrected chi connectivity index (χ4v) is 3.21. The first kappa shape index (κ1) is 22.3. The summed E-state index contributed by atoms with van der Waals surface area (Å²) in [5, 5.41) is 3.45. The molecule has 1 fully saturated rings. The molecule has 1 aliphatic heterocycles. The van der Waals surface area contributed by atoms with Gasteiger partial charge in [0.2, 0.25) is 0 Å². The van der Waals surface area contributed by atoms with Gasteiger partial charge in [-0.3, -0.25) is 0 Å². The van der Waals surface area contributed by atoms with E-state index in [1.165, 1.54) is 11.3 Å². The van der Waals surface area contributed by atoms with Gasteiger partial charge in [0.25, 0.3) is 0 Å². The highest BCUT2D eigenvalue weighted by Crippen LogP contribution is 2.16. The van der Waals surface area contributed by atoms with Crippen molar-refractivity contribution in [3.63, 3.8) is 0 Å². The lowest BCUT2D eigenvalue weighted by Gasteiger charge is -2.37. The lowest BCUT2D eigenvalue weighted by Crippen LogP contribution is -2.52. The fourth-order valence-electron chi connectivity index (χ4n) is 3.21. The number of nitrogens with one attached hydrogen (secondary N) is 1. The van der Waals surface area contributed by atoms with Gasteiger partial charge in [0.1, 0.15) is 5.82 Å². The van der Waals surface area contributed by atoms with E-state index in [9.17, 15) is 0 Å². The highest BCUT2D eigenvalue weighted by molar-refractivity contribution is 14.0. The maximum Gasteiger partial charge on any atom is 0.194 e. The van der Waals surface area contributed by atoms with Crippen LogP contribution < -0.4 is 15.1 Å². The average molecular weight is 494 g/mol. The number of benzene rings is 1. The van der Waals surface area contributed by atoms with Gasteiger partial charge in [0, 0.05) is 58.7 Å². The molecule has 1 N–H and O–H groups in total. The summed E-state index contributed by atoms with van der Waals surface area (Å²) in [7, 11) is 4.01. The molecule has 3 rings (SSSR count). The van der Waals surface area contributed by atoms with Crippen molar-refractivity contribution in [3.05, 3.63) is 54.2 Å². The minimum absolute atomic E-state index is 0. The van der Waals surface area contributed by atoms with Gasteiger partial charge < -0.3 is 20.0 Å². The van der Waals surface area contributed by atoms with Gasteiger partial charge >= 0.3 is 0 Å². The van der Waals surface area contributed by atoms with Crippen molar-refractivity contribution < 1.29 is 0 Å². The molecule has 2 heterocycles. The number of para-hydroxylation sites is 1. The molecule has 1 aliphatic rings. The van der Waals surface area contributed by atoms with Crippen molar-refractivity contribution >= 4 is 41.4 Å². The first-order chi connectivity index (χ1) is 13.2. The molecule has 0 atom stereocenters. The maximum absolute atomic E-state index is 4.87. The summed E-state index contributed by atoms with van der Waals surface area (Å²) in [6, 6.07) is 14.8. The highest BCUT2D eigenvalue weighted by Gasteiger charge is 2.19. The number of piperazine rings is 1. The molecule has 152 valence electrons. The molecule has 1 aromatic heterocycles. The van der Waals surface area contributed by atoms with Crippen LogP contribution in [0.25, 0.3) is 0 Å². The third kappa shape index (κ3) is 5.98. The summed E-state index contributed by atoms with van der Waals surface area (Å²) in [5.74, 6) is 1.96. The Hall–Kier alpha value is -2.03. The maximum atomic E-state index is 4.87. The van der Waals surface area contributed by atoms with E-state index >= 15 is 0 Å². The predicted octanol–water partition coefficient (Wildman–Crippen LogP) is 3.05. The van der Waals surface area contributed by atoms with Gasteiger partial charge in [-0.1, -0.05) is 18.2 Å². The Bertz CT molecular complexity index is 742. The minimum Gasteiger partial charge on any atom is -0.368 e. The Kier molecular flexibility index (Phi) is 8.82. The van der Waals surface area contributed by atoms with Crippen LogP contribution in [0.1, 0.15) is 12.5 Å². The molecule has 1 saturated heterocycles. The van der Waals surface area contributed by atoms with Crippen molar-refractivity contribution in [2.75, 3.05) is 56.6 Å². The van der Waals surface area contributed by atoms with Crippen LogP contribution in [0.2, 0.25) is 0 Å². The van der Waals surface area contributed by atoms with Crippen molar-refractivity contribution in [3.8, 4) is 0 Å². The highest BCUT2D eigenvalue weighted by atomic mass is 127. The van der Waals surface area contributed by atoms with E-state index in [0.717, 1.165) is 44.5 Å². The Morgan fingerprint density at radius 1 is 1.11 bits per heavy atom. The number of pyridine rings is 1. The van der Waals surface area contributed by atoms with Crippen LogP contribution in [-0.2, 0) is 6.54 Å². The van der Waals surface area contributed by atoms with E-state index in [2.05, 4.69) is 63.4 Å². The molecule has 0 unspecified atom stereocenters. The zero-order valence-electron chi connectivity index (χ0n) is 17.0. The van der Waals surface area contributed by atoms with E-state index in [1.54, 1.807) is 0 Å². The number of rotatable bonds is 5. The molecule has 0 radical (unpaired) electrons. The van der Waals surface area contributed by atoms with Crippen molar-refractivity contribution in [2.45, 2.75) is 13.5 Å². The number of hydrogen-bond donors (Lipinski definition) is 1.